The van der Waals surface area contributed by atoms with Gasteiger partial charge in [0.15, 0.2) is 0 Å². The predicted octanol–water partition coefficient (Wildman–Crippen LogP) is 3.44. The van der Waals surface area contributed by atoms with Crippen molar-refractivity contribution in [3.63, 3.8) is 0 Å². The van der Waals surface area contributed by atoms with Crippen molar-refractivity contribution in [2.75, 3.05) is 13.3 Å². The van der Waals surface area contributed by atoms with Gasteiger partial charge in [0, 0.05) is 12.6 Å². The lowest BCUT2D eigenvalue weighted by Gasteiger charge is -2.07. The lowest BCUT2D eigenvalue weighted by atomic mass is 10.1. The molecule has 0 N–H and O–H groups in total. The summed E-state index contributed by atoms with van der Waals surface area (Å²) in [6.45, 7) is 0. The highest BCUT2D eigenvalue weighted by Crippen LogP contribution is 2.29. The Bertz CT molecular complexity index is 354. The quantitative estimate of drug-likeness (QED) is 0.534. The van der Waals surface area contributed by atoms with E-state index >= 15 is 0 Å². The Balaban J connectivity index is 3.00. The van der Waals surface area contributed by atoms with Crippen molar-refractivity contribution in [3.8, 4) is 0 Å². The number of rotatable bonds is 1. The van der Waals surface area contributed by atoms with Crippen LogP contribution < -0.4 is 0 Å². The van der Waals surface area contributed by atoms with E-state index in [1.165, 1.54) is 23.9 Å². The number of hydrogen-bond donors (Lipinski definition) is 0. The van der Waals surface area contributed by atoms with Crippen molar-refractivity contribution in [3.05, 3.63) is 35.4 Å². The first kappa shape index (κ1) is 12.1. The van der Waals surface area contributed by atoms with Gasteiger partial charge in [0.25, 0.3) is 0 Å². The van der Waals surface area contributed by atoms with Crippen LogP contribution in [0.25, 0.3) is 0 Å². The van der Waals surface area contributed by atoms with Crippen molar-refractivity contribution >= 4 is 16.8 Å². The van der Waals surface area contributed by atoms with Crippen molar-refractivity contribution in [1.82, 2.24) is 0 Å². The number of thioether (sulfide) groups is 1. The summed E-state index contributed by atoms with van der Waals surface area (Å²) in [5.74, 6) is 0. The van der Waals surface area contributed by atoms with Gasteiger partial charge in [-0.2, -0.15) is 13.2 Å². The fourth-order valence-electron chi connectivity index (χ4n) is 1.14. The number of aliphatic imine (C=N–C) groups is 1. The molecule has 0 atom stereocenters. The van der Waals surface area contributed by atoms with Gasteiger partial charge < -0.3 is 0 Å². The maximum absolute atomic E-state index is 12.2. The molecule has 0 bridgehead atoms. The highest BCUT2D eigenvalue weighted by atomic mass is 32.2. The summed E-state index contributed by atoms with van der Waals surface area (Å²) < 4.78 is 36.7. The fraction of sp³-hybridized carbons (Fsp3) is 0.300. The summed E-state index contributed by atoms with van der Waals surface area (Å²) in [7, 11) is 1.61. The molecule has 0 radical (unpaired) electrons. The van der Waals surface area contributed by atoms with Gasteiger partial charge in [-0.15, -0.1) is 11.8 Å². The third-order valence-corrected chi connectivity index (χ3v) is 2.66. The summed E-state index contributed by atoms with van der Waals surface area (Å²) in [5.41, 5.74) is 0.0702. The Hall–Kier alpha value is -0.970. The minimum Gasteiger partial charge on any atom is -0.281 e. The van der Waals surface area contributed by atoms with E-state index in [4.69, 9.17) is 0 Å². The number of benzene rings is 1. The van der Waals surface area contributed by atoms with E-state index in [2.05, 4.69) is 4.99 Å². The largest absolute Gasteiger partial charge is 0.416 e. The Labute approximate surface area is 90.4 Å². The van der Waals surface area contributed by atoms with Crippen molar-refractivity contribution in [2.45, 2.75) is 6.18 Å². The van der Waals surface area contributed by atoms with E-state index in [1.807, 2.05) is 6.26 Å². The molecule has 1 nitrogen and oxygen atoms in total. The highest BCUT2D eigenvalue weighted by molar-refractivity contribution is 8.13. The summed E-state index contributed by atoms with van der Waals surface area (Å²) in [5, 5.41) is 0.726. The molecular weight excluding hydrogens is 223 g/mol. The van der Waals surface area contributed by atoms with Crippen LogP contribution >= 0.6 is 11.8 Å². The normalized spacial score (nSPS) is 13.0. The zero-order chi connectivity index (χ0) is 11.5. The smallest absolute Gasteiger partial charge is 0.281 e. The van der Waals surface area contributed by atoms with Gasteiger partial charge >= 0.3 is 6.18 Å². The number of nitrogens with zero attached hydrogens (tertiary/aromatic N) is 1. The minimum absolute atomic E-state index is 0.636. The van der Waals surface area contributed by atoms with Crippen LogP contribution in [0.4, 0.5) is 13.2 Å². The minimum atomic E-state index is -4.28. The van der Waals surface area contributed by atoms with Crippen LogP contribution in [-0.4, -0.2) is 18.3 Å². The number of hydrogen-bond acceptors (Lipinski definition) is 2. The van der Waals surface area contributed by atoms with Crippen LogP contribution in [0.2, 0.25) is 0 Å². The van der Waals surface area contributed by atoms with Crippen LogP contribution in [0.15, 0.2) is 29.3 Å². The Kier molecular flexibility index (Phi) is 3.79. The average molecular weight is 233 g/mol. The molecule has 0 aliphatic carbocycles. The third kappa shape index (κ3) is 2.99. The van der Waals surface area contributed by atoms with Gasteiger partial charge in [-0.3, -0.25) is 4.99 Å². The second-order valence-corrected chi connectivity index (χ2v) is 3.60. The van der Waals surface area contributed by atoms with Gasteiger partial charge in [0.05, 0.1) is 10.6 Å². The lowest BCUT2D eigenvalue weighted by Crippen LogP contribution is -2.05. The molecule has 1 aromatic rings. The maximum Gasteiger partial charge on any atom is 0.416 e. The average Bonchev–Trinajstić information content (AvgIpc) is 2.19. The Morgan fingerprint density at radius 2 is 1.73 bits per heavy atom. The zero-order valence-corrected chi connectivity index (χ0v) is 9.12. The molecule has 0 amide bonds. The fourth-order valence-corrected chi connectivity index (χ4v) is 1.69. The highest BCUT2D eigenvalue weighted by Gasteiger charge is 2.29. The van der Waals surface area contributed by atoms with E-state index in [9.17, 15) is 13.2 Å². The molecule has 0 saturated carbocycles. The van der Waals surface area contributed by atoms with E-state index in [1.54, 1.807) is 7.05 Å². The van der Waals surface area contributed by atoms with Gasteiger partial charge in [-0.25, -0.2) is 0 Å². The van der Waals surface area contributed by atoms with Crippen molar-refractivity contribution in [1.29, 1.82) is 0 Å². The van der Waals surface area contributed by atoms with Gasteiger partial charge in [-0.05, 0) is 18.4 Å². The van der Waals surface area contributed by atoms with Crippen LogP contribution in [-0.2, 0) is 6.18 Å². The first-order chi connectivity index (χ1) is 6.99. The molecule has 0 heterocycles. The Morgan fingerprint density at radius 1 is 1.20 bits per heavy atom. The topological polar surface area (TPSA) is 12.4 Å². The van der Waals surface area contributed by atoms with Crippen molar-refractivity contribution in [2.24, 2.45) is 4.99 Å². The molecule has 0 aliphatic heterocycles. The van der Waals surface area contributed by atoms with E-state index in [0.29, 0.717) is 5.56 Å². The zero-order valence-electron chi connectivity index (χ0n) is 8.30. The first-order valence-electron chi connectivity index (χ1n) is 4.17. The van der Waals surface area contributed by atoms with Gasteiger partial charge in [0.2, 0.25) is 0 Å². The molecule has 0 unspecified atom stereocenters. The Morgan fingerprint density at radius 3 is 2.07 bits per heavy atom. The van der Waals surface area contributed by atoms with Gasteiger partial charge in [0.1, 0.15) is 0 Å². The molecule has 82 valence electrons. The standard InChI is InChI=1S/C10H10F3NS/c1-14-9(15-2)7-3-5-8(6-4-7)10(11,12)13/h3-6H,1-2H3. The summed E-state index contributed by atoms with van der Waals surface area (Å²) >= 11 is 1.41. The molecule has 5 heteroatoms. The molecule has 0 saturated heterocycles. The third-order valence-electron chi connectivity index (χ3n) is 1.86. The molecule has 1 rings (SSSR count). The number of alkyl halides is 3. The van der Waals surface area contributed by atoms with Crippen molar-refractivity contribution < 1.29 is 13.2 Å². The van der Waals surface area contributed by atoms with Gasteiger partial charge in [-0.1, -0.05) is 12.1 Å². The SMILES string of the molecule is CN=C(SC)c1ccc(C(F)(F)F)cc1. The second-order valence-electron chi connectivity index (χ2n) is 2.81. The monoisotopic (exact) mass is 233 g/mol. The van der Waals surface area contributed by atoms with Crippen LogP contribution in [0.3, 0.4) is 0 Å². The maximum atomic E-state index is 12.2. The summed E-state index contributed by atoms with van der Waals surface area (Å²) in [4.78, 5) is 3.97. The molecule has 0 spiro atoms. The summed E-state index contributed by atoms with van der Waals surface area (Å²) in [6, 6.07) is 5.00. The molecule has 0 aromatic heterocycles. The number of halogens is 3. The van der Waals surface area contributed by atoms with E-state index < -0.39 is 11.7 Å². The molecule has 15 heavy (non-hydrogen) atoms. The molecular formula is C10H10F3NS. The van der Waals surface area contributed by atoms with Crippen LogP contribution in [0.5, 0.6) is 0 Å². The van der Waals surface area contributed by atoms with E-state index in [0.717, 1.165) is 17.2 Å². The molecule has 0 fully saturated rings. The summed E-state index contributed by atoms with van der Waals surface area (Å²) in [6.07, 6.45) is -2.44. The molecule has 0 aliphatic rings. The molecule has 1 aromatic carbocycles. The lowest BCUT2D eigenvalue weighted by molar-refractivity contribution is -0.137. The predicted molar refractivity (Wildman–Crippen MR) is 57.4 cm³/mol. The second kappa shape index (κ2) is 4.70. The first-order valence-corrected chi connectivity index (χ1v) is 5.40. The van der Waals surface area contributed by atoms with Crippen LogP contribution in [0.1, 0.15) is 11.1 Å². The van der Waals surface area contributed by atoms with E-state index in [-0.39, 0.29) is 0 Å². The van der Waals surface area contributed by atoms with Crippen LogP contribution in [0, 0.1) is 0 Å².